The molecule has 1 aromatic heterocycles. The number of rotatable bonds is 5. The summed E-state index contributed by atoms with van der Waals surface area (Å²) >= 11 is 1.17. The monoisotopic (exact) mass is 374 g/mol. The lowest BCUT2D eigenvalue weighted by molar-refractivity contribution is -0.394. The fourth-order valence-corrected chi connectivity index (χ4v) is 3.16. The highest BCUT2D eigenvalue weighted by molar-refractivity contribution is 7.22. The second kappa shape index (κ2) is 6.72. The molecule has 0 aliphatic rings. The fourth-order valence-electron chi connectivity index (χ4n) is 2.28. The SMILES string of the molecule is COc1cccc2sc(NC(=O)c3ccc([N+](=O)[O-])cc3[N+](=O)[O-])nc12. The summed E-state index contributed by atoms with van der Waals surface area (Å²) in [5.74, 6) is -0.259. The van der Waals surface area contributed by atoms with Gasteiger partial charge in [0.25, 0.3) is 17.3 Å². The molecule has 0 fully saturated rings. The van der Waals surface area contributed by atoms with Crippen LogP contribution in [0.1, 0.15) is 10.4 Å². The molecular formula is C15H10N4O6S. The van der Waals surface area contributed by atoms with Crippen LogP contribution in [0.15, 0.2) is 36.4 Å². The van der Waals surface area contributed by atoms with E-state index in [9.17, 15) is 25.0 Å². The molecule has 3 aromatic rings. The second-order valence-corrected chi connectivity index (χ2v) is 6.03. The summed E-state index contributed by atoms with van der Waals surface area (Å²) in [5, 5.41) is 24.6. The molecule has 3 rings (SSSR count). The topological polar surface area (TPSA) is 138 Å². The first-order chi connectivity index (χ1) is 12.4. The van der Waals surface area contributed by atoms with Gasteiger partial charge in [-0.3, -0.25) is 30.3 Å². The molecule has 1 amide bonds. The minimum absolute atomic E-state index is 0.224. The minimum atomic E-state index is -0.844. The first kappa shape index (κ1) is 17.2. The number of benzene rings is 2. The number of hydrogen-bond donors (Lipinski definition) is 1. The molecule has 2 aromatic carbocycles. The number of para-hydroxylation sites is 1. The zero-order valence-electron chi connectivity index (χ0n) is 13.2. The molecule has 11 heteroatoms. The number of nitro benzene ring substituents is 2. The molecule has 0 unspecified atom stereocenters. The number of anilines is 1. The van der Waals surface area contributed by atoms with Crippen LogP contribution in [0.3, 0.4) is 0 Å². The van der Waals surface area contributed by atoms with E-state index in [0.29, 0.717) is 11.3 Å². The number of carbonyl (C=O) groups is 1. The third-order valence-electron chi connectivity index (χ3n) is 3.46. The van der Waals surface area contributed by atoms with Gasteiger partial charge in [0.05, 0.1) is 27.7 Å². The van der Waals surface area contributed by atoms with Gasteiger partial charge in [-0.2, -0.15) is 0 Å². The standard InChI is InChI=1S/C15H10N4O6S/c1-25-11-3-2-4-12-13(11)16-15(26-12)17-14(20)9-6-5-8(18(21)22)7-10(9)19(23)24/h2-7H,1H3,(H,16,17,20). The maximum Gasteiger partial charge on any atom is 0.289 e. The van der Waals surface area contributed by atoms with Crippen molar-refractivity contribution < 1.29 is 19.4 Å². The maximum atomic E-state index is 12.4. The number of hydrogen-bond acceptors (Lipinski definition) is 8. The molecule has 1 heterocycles. The highest BCUT2D eigenvalue weighted by Gasteiger charge is 2.25. The number of aromatic nitrogens is 1. The average molecular weight is 374 g/mol. The van der Waals surface area contributed by atoms with Crippen molar-refractivity contribution in [3.8, 4) is 5.75 Å². The maximum absolute atomic E-state index is 12.4. The third kappa shape index (κ3) is 3.15. The Bertz CT molecular complexity index is 1050. The van der Waals surface area contributed by atoms with E-state index in [-0.39, 0.29) is 10.7 Å². The van der Waals surface area contributed by atoms with E-state index >= 15 is 0 Å². The molecule has 0 spiro atoms. The minimum Gasteiger partial charge on any atom is -0.494 e. The zero-order valence-corrected chi connectivity index (χ0v) is 14.0. The molecule has 10 nitrogen and oxygen atoms in total. The van der Waals surface area contributed by atoms with Gasteiger partial charge in [-0.05, 0) is 18.2 Å². The Morgan fingerprint density at radius 2 is 1.96 bits per heavy atom. The number of fused-ring (bicyclic) bond motifs is 1. The van der Waals surface area contributed by atoms with E-state index in [4.69, 9.17) is 4.74 Å². The smallest absolute Gasteiger partial charge is 0.289 e. The van der Waals surface area contributed by atoms with Crippen LogP contribution in [-0.2, 0) is 0 Å². The highest BCUT2D eigenvalue weighted by Crippen LogP contribution is 2.33. The lowest BCUT2D eigenvalue weighted by Crippen LogP contribution is -2.14. The molecule has 26 heavy (non-hydrogen) atoms. The molecular weight excluding hydrogens is 364 g/mol. The molecule has 0 aliphatic carbocycles. The van der Waals surface area contributed by atoms with Crippen molar-refractivity contribution in [3.05, 3.63) is 62.2 Å². The van der Waals surface area contributed by atoms with Crippen molar-refractivity contribution in [3.63, 3.8) is 0 Å². The summed E-state index contributed by atoms with van der Waals surface area (Å²) in [6.45, 7) is 0. The van der Waals surface area contributed by atoms with Crippen molar-refractivity contribution in [2.45, 2.75) is 0 Å². The van der Waals surface area contributed by atoms with Gasteiger partial charge < -0.3 is 4.74 Å². The molecule has 0 aliphatic heterocycles. The van der Waals surface area contributed by atoms with Crippen molar-refractivity contribution in [2.75, 3.05) is 12.4 Å². The normalized spacial score (nSPS) is 10.5. The van der Waals surface area contributed by atoms with Crippen molar-refractivity contribution in [2.24, 2.45) is 0 Å². The number of amides is 1. The Labute approximate surface area is 149 Å². The van der Waals surface area contributed by atoms with E-state index in [1.807, 2.05) is 0 Å². The van der Waals surface area contributed by atoms with Crippen LogP contribution in [0.5, 0.6) is 5.75 Å². The van der Waals surface area contributed by atoms with Crippen LogP contribution >= 0.6 is 11.3 Å². The number of non-ortho nitro benzene ring substituents is 1. The predicted molar refractivity (Wildman–Crippen MR) is 93.9 cm³/mol. The second-order valence-electron chi connectivity index (χ2n) is 5.00. The van der Waals surface area contributed by atoms with Gasteiger partial charge in [-0.15, -0.1) is 0 Å². The van der Waals surface area contributed by atoms with Crippen LogP contribution in [0.4, 0.5) is 16.5 Å². The van der Waals surface area contributed by atoms with Gasteiger partial charge in [0, 0.05) is 6.07 Å². The van der Waals surface area contributed by atoms with Gasteiger partial charge >= 0.3 is 0 Å². The van der Waals surface area contributed by atoms with Gasteiger partial charge in [0.2, 0.25) is 0 Å². The number of nitrogens with one attached hydrogen (secondary N) is 1. The summed E-state index contributed by atoms with van der Waals surface area (Å²) in [5.41, 5.74) is -0.881. The van der Waals surface area contributed by atoms with Gasteiger partial charge in [-0.1, -0.05) is 17.4 Å². The first-order valence-corrected chi connectivity index (χ1v) is 7.90. The number of carbonyl (C=O) groups excluding carboxylic acids is 1. The molecule has 0 saturated carbocycles. The molecule has 1 N–H and O–H groups in total. The molecule has 0 radical (unpaired) electrons. The number of ether oxygens (including phenoxy) is 1. The Balaban J connectivity index is 1.95. The number of methoxy groups -OCH3 is 1. The quantitative estimate of drug-likeness (QED) is 0.533. The first-order valence-electron chi connectivity index (χ1n) is 7.08. The molecule has 0 saturated heterocycles. The van der Waals surface area contributed by atoms with Crippen LogP contribution in [0.2, 0.25) is 0 Å². The third-order valence-corrected chi connectivity index (χ3v) is 4.39. The Morgan fingerprint density at radius 1 is 1.19 bits per heavy atom. The van der Waals surface area contributed by atoms with E-state index in [1.165, 1.54) is 18.4 Å². The van der Waals surface area contributed by atoms with Crippen LogP contribution in [-0.4, -0.2) is 27.8 Å². The summed E-state index contributed by atoms with van der Waals surface area (Å²) in [7, 11) is 1.49. The van der Waals surface area contributed by atoms with Gasteiger partial charge in [-0.25, -0.2) is 4.98 Å². The van der Waals surface area contributed by atoms with E-state index in [0.717, 1.165) is 22.9 Å². The zero-order chi connectivity index (χ0) is 18.8. The summed E-state index contributed by atoms with van der Waals surface area (Å²) < 4.78 is 5.96. The summed E-state index contributed by atoms with van der Waals surface area (Å²) in [6.07, 6.45) is 0. The van der Waals surface area contributed by atoms with Crippen molar-refractivity contribution in [1.82, 2.24) is 4.98 Å². The Hall–Kier alpha value is -3.60. The number of thiazole rings is 1. The molecule has 0 atom stereocenters. The van der Waals surface area contributed by atoms with Crippen LogP contribution in [0.25, 0.3) is 10.2 Å². The number of nitrogens with zero attached hydrogens (tertiary/aromatic N) is 3. The Morgan fingerprint density at radius 3 is 2.62 bits per heavy atom. The van der Waals surface area contributed by atoms with Crippen molar-refractivity contribution >= 4 is 44.0 Å². The summed E-state index contributed by atoms with van der Waals surface area (Å²) in [4.78, 5) is 37.0. The van der Waals surface area contributed by atoms with E-state index in [1.54, 1.807) is 18.2 Å². The van der Waals surface area contributed by atoms with Gasteiger partial charge in [0.15, 0.2) is 5.13 Å². The molecule has 0 bridgehead atoms. The lowest BCUT2D eigenvalue weighted by Gasteiger charge is -2.03. The van der Waals surface area contributed by atoms with E-state index in [2.05, 4.69) is 10.3 Å². The Kier molecular flexibility index (Phi) is 4.45. The van der Waals surface area contributed by atoms with Gasteiger partial charge in [0.1, 0.15) is 16.8 Å². The van der Waals surface area contributed by atoms with E-state index < -0.39 is 27.1 Å². The summed E-state index contributed by atoms with van der Waals surface area (Å²) in [6, 6.07) is 8.10. The predicted octanol–water partition coefficient (Wildman–Crippen LogP) is 3.37. The van der Waals surface area contributed by atoms with Crippen LogP contribution < -0.4 is 10.1 Å². The largest absolute Gasteiger partial charge is 0.494 e. The van der Waals surface area contributed by atoms with Crippen LogP contribution in [0, 0.1) is 20.2 Å². The molecule has 132 valence electrons. The fraction of sp³-hybridized carbons (Fsp3) is 0.0667. The lowest BCUT2D eigenvalue weighted by atomic mass is 10.1. The van der Waals surface area contributed by atoms with Crippen molar-refractivity contribution in [1.29, 1.82) is 0 Å². The highest BCUT2D eigenvalue weighted by atomic mass is 32.1. The average Bonchev–Trinajstić information content (AvgIpc) is 3.03. The number of nitro groups is 2.